The van der Waals surface area contributed by atoms with E-state index in [-0.39, 0.29) is 5.54 Å². The summed E-state index contributed by atoms with van der Waals surface area (Å²) in [5.74, 6) is 0.697. The van der Waals surface area contributed by atoms with Crippen LogP contribution in [-0.2, 0) is 10.0 Å². The van der Waals surface area contributed by atoms with Crippen molar-refractivity contribution in [1.82, 2.24) is 4.72 Å². The van der Waals surface area contributed by atoms with Crippen molar-refractivity contribution in [2.75, 3.05) is 12.3 Å². The molecule has 3 N–H and O–H groups in total. The highest BCUT2D eigenvalue weighted by atomic mass is 32.2. The van der Waals surface area contributed by atoms with Gasteiger partial charge in [-0.1, -0.05) is 25.7 Å². The summed E-state index contributed by atoms with van der Waals surface area (Å²) in [6.45, 7) is 0.427. The van der Waals surface area contributed by atoms with E-state index in [2.05, 4.69) is 4.72 Å². The predicted molar refractivity (Wildman–Crippen MR) is 69.1 cm³/mol. The van der Waals surface area contributed by atoms with Gasteiger partial charge in [0.2, 0.25) is 10.0 Å². The molecule has 2 aliphatic carbocycles. The molecular formula is C12H24N2O2S. The van der Waals surface area contributed by atoms with Gasteiger partial charge in [-0.3, -0.25) is 0 Å². The molecule has 2 aliphatic rings. The molecule has 0 heterocycles. The molecule has 0 aromatic carbocycles. The normalized spacial score (nSPS) is 25.5. The van der Waals surface area contributed by atoms with E-state index in [4.69, 9.17) is 5.73 Å². The van der Waals surface area contributed by atoms with E-state index in [1.54, 1.807) is 0 Å². The van der Waals surface area contributed by atoms with Crippen LogP contribution in [0, 0.1) is 5.92 Å². The summed E-state index contributed by atoms with van der Waals surface area (Å²) < 4.78 is 27.0. The van der Waals surface area contributed by atoms with E-state index < -0.39 is 10.0 Å². The molecule has 0 radical (unpaired) electrons. The number of rotatable bonds is 5. The average molecular weight is 260 g/mol. The van der Waals surface area contributed by atoms with Gasteiger partial charge in [0.05, 0.1) is 5.75 Å². The first-order chi connectivity index (χ1) is 8.05. The highest BCUT2D eigenvalue weighted by Gasteiger charge is 2.36. The van der Waals surface area contributed by atoms with Gasteiger partial charge in [0, 0.05) is 12.1 Å². The van der Waals surface area contributed by atoms with Gasteiger partial charge in [-0.15, -0.1) is 0 Å². The summed E-state index contributed by atoms with van der Waals surface area (Å²) >= 11 is 0. The van der Waals surface area contributed by atoms with Crippen molar-refractivity contribution < 1.29 is 8.42 Å². The fourth-order valence-corrected chi connectivity index (χ4v) is 4.70. The van der Waals surface area contributed by atoms with E-state index in [1.165, 1.54) is 12.8 Å². The Balaban J connectivity index is 2.00. The number of nitrogens with two attached hydrogens (primary N) is 1. The Morgan fingerprint density at radius 2 is 1.71 bits per heavy atom. The van der Waals surface area contributed by atoms with Crippen LogP contribution in [0.2, 0.25) is 0 Å². The zero-order valence-electron chi connectivity index (χ0n) is 10.5. The fourth-order valence-electron chi connectivity index (χ4n) is 2.72. The lowest BCUT2D eigenvalue weighted by Gasteiger charge is -2.32. The molecule has 0 bridgehead atoms. The third-order valence-electron chi connectivity index (χ3n) is 3.98. The number of sulfonamides is 1. The van der Waals surface area contributed by atoms with Crippen molar-refractivity contribution in [3.8, 4) is 0 Å². The van der Waals surface area contributed by atoms with Crippen LogP contribution >= 0.6 is 0 Å². The minimum atomic E-state index is -3.13. The second kappa shape index (κ2) is 5.24. The Morgan fingerprint density at radius 1 is 1.12 bits per heavy atom. The quantitative estimate of drug-likeness (QED) is 0.733. The van der Waals surface area contributed by atoms with Gasteiger partial charge in [0.1, 0.15) is 0 Å². The van der Waals surface area contributed by atoms with Crippen LogP contribution in [0.5, 0.6) is 0 Å². The van der Waals surface area contributed by atoms with Crippen LogP contribution in [0.4, 0.5) is 0 Å². The van der Waals surface area contributed by atoms with Gasteiger partial charge in [0.25, 0.3) is 0 Å². The highest BCUT2D eigenvalue weighted by molar-refractivity contribution is 7.89. The Labute approximate surface area is 104 Å². The molecule has 17 heavy (non-hydrogen) atoms. The topological polar surface area (TPSA) is 72.2 Å². The fraction of sp³-hybridized carbons (Fsp3) is 1.00. The minimum absolute atomic E-state index is 0.300. The maximum Gasteiger partial charge on any atom is 0.212 e. The van der Waals surface area contributed by atoms with Crippen LogP contribution in [0.3, 0.4) is 0 Å². The maximum atomic E-state index is 12.1. The molecule has 0 saturated heterocycles. The van der Waals surface area contributed by atoms with Crippen molar-refractivity contribution in [2.45, 2.75) is 56.9 Å². The SMILES string of the molecule is NCC1(NS(=O)(=O)CC2CC2)CCCCCC1. The number of hydrogen-bond acceptors (Lipinski definition) is 3. The molecular weight excluding hydrogens is 236 g/mol. The van der Waals surface area contributed by atoms with E-state index in [0.29, 0.717) is 18.2 Å². The van der Waals surface area contributed by atoms with Crippen molar-refractivity contribution in [2.24, 2.45) is 11.7 Å². The monoisotopic (exact) mass is 260 g/mol. The summed E-state index contributed by atoms with van der Waals surface area (Å²) in [6.07, 6.45) is 8.50. The van der Waals surface area contributed by atoms with E-state index in [0.717, 1.165) is 38.5 Å². The zero-order chi connectivity index (χ0) is 12.4. The molecule has 5 heteroatoms. The molecule has 0 aromatic heterocycles. The summed E-state index contributed by atoms with van der Waals surface area (Å²) in [5, 5.41) is 0. The number of nitrogens with one attached hydrogen (secondary N) is 1. The van der Waals surface area contributed by atoms with Crippen LogP contribution in [-0.4, -0.2) is 26.3 Å². The summed E-state index contributed by atoms with van der Waals surface area (Å²) in [4.78, 5) is 0. The summed E-state index contributed by atoms with van der Waals surface area (Å²) in [5.41, 5.74) is 5.48. The Morgan fingerprint density at radius 3 is 2.18 bits per heavy atom. The second-order valence-electron chi connectivity index (χ2n) is 5.73. The molecule has 0 unspecified atom stereocenters. The largest absolute Gasteiger partial charge is 0.329 e. The molecule has 4 nitrogen and oxygen atoms in total. The molecule has 0 atom stereocenters. The molecule has 0 aromatic rings. The van der Waals surface area contributed by atoms with Crippen molar-refractivity contribution >= 4 is 10.0 Å². The molecule has 2 rings (SSSR count). The second-order valence-corrected chi connectivity index (χ2v) is 7.49. The third kappa shape index (κ3) is 3.93. The van der Waals surface area contributed by atoms with Gasteiger partial charge < -0.3 is 5.73 Å². The molecule has 0 aliphatic heterocycles. The lowest BCUT2D eigenvalue weighted by Crippen LogP contribution is -2.54. The zero-order valence-corrected chi connectivity index (χ0v) is 11.3. The first kappa shape index (κ1) is 13.3. The predicted octanol–water partition coefficient (Wildman–Crippen LogP) is 1.37. The van der Waals surface area contributed by atoms with Gasteiger partial charge in [-0.2, -0.15) is 0 Å². The average Bonchev–Trinajstić information content (AvgIpc) is 3.05. The maximum absolute atomic E-state index is 12.1. The summed E-state index contributed by atoms with van der Waals surface area (Å²) in [6, 6.07) is 0. The summed E-state index contributed by atoms with van der Waals surface area (Å²) in [7, 11) is -3.13. The van der Waals surface area contributed by atoms with E-state index in [9.17, 15) is 8.42 Å². The van der Waals surface area contributed by atoms with Crippen LogP contribution < -0.4 is 10.5 Å². The van der Waals surface area contributed by atoms with E-state index in [1.807, 2.05) is 0 Å². The molecule has 100 valence electrons. The lowest BCUT2D eigenvalue weighted by molar-refractivity contribution is 0.342. The molecule has 2 saturated carbocycles. The minimum Gasteiger partial charge on any atom is -0.329 e. The van der Waals surface area contributed by atoms with Gasteiger partial charge in [-0.05, 0) is 31.6 Å². The molecule has 0 spiro atoms. The van der Waals surface area contributed by atoms with Crippen LogP contribution in [0.15, 0.2) is 0 Å². The van der Waals surface area contributed by atoms with Gasteiger partial charge >= 0.3 is 0 Å². The highest BCUT2D eigenvalue weighted by Crippen LogP contribution is 2.32. The third-order valence-corrected chi connectivity index (χ3v) is 5.63. The van der Waals surface area contributed by atoms with Gasteiger partial charge in [-0.25, -0.2) is 13.1 Å². The Hall–Kier alpha value is -0.130. The Kier molecular flexibility index (Phi) is 4.10. The Bertz CT molecular complexity index is 342. The standard InChI is InChI=1S/C12H24N2O2S/c13-10-12(7-3-1-2-4-8-12)14-17(15,16)9-11-5-6-11/h11,14H,1-10,13H2. The van der Waals surface area contributed by atoms with Crippen molar-refractivity contribution in [1.29, 1.82) is 0 Å². The van der Waals surface area contributed by atoms with E-state index >= 15 is 0 Å². The lowest BCUT2D eigenvalue weighted by atomic mass is 9.92. The first-order valence-electron chi connectivity index (χ1n) is 6.77. The van der Waals surface area contributed by atoms with Gasteiger partial charge in [0.15, 0.2) is 0 Å². The van der Waals surface area contributed by atoms with Crippen molar-refractivity contribution in [3.05, 3.63) is 0 Å². The smallest absolute Gasteiger partial charge is 0.212 e. The van der Waals surface area contributed by atoms with Crippen molar-refractivity contribution in [3.63, 3.8) is 0 Å². The van der Waals surface area contributed by atoms with Crippen LogP contribution in [0.1, 0.15) is 51.4 Å². The molecule has 2 fully saturated rings. The van der Waals surface area contributed by atoms with Crippen LogP contribution in [0.25, 0.3) is 0 Å². The first-order valence-corrected chi connectivity index (χ1v) is 8.42. The number of hydrogen-bond donors (Lipinski definition) is 2. The molecule has 0 amide bonds.